The Morgan fingerprint density at radius 1 is 1.06 bits per heavy atom. The predicted octanol–water partition coefficient (Wildman–Crippen LogP) is 3.66. The van der Waals surface area contributed by atoms with Gasteiger partial charge in [0.05, 0.1) is 12.8 Å². The summed E-state index contributed by atoms with van der Waals surface area (Å²) in [6, 6.07) is 11.5. The van der Waals surface area contributed by atoms with Crippen molar-refractivity contribution in [3.05, 3.63) is 36.4 Å². The molecule has 2 aromatic rings. The van der Waals surface area contributed by atoms with E-state index in [1.165, 1.54) is 0 Å². The molecule has 2 heterocycles. The molecule has 1 saturated heterocycles. The third-order valence-electron chi connectivity index (χ3n) is 6.32. The fraction of sp³-hybridized carbons (Fsp3) is 0.556. The lowest BCUT2D eigenvalue weighted by Gasteiger charge is -2.27. The van der Waals surface area contributed by atoms with Crippen molar-refractivity contribution in [2.45, 2.75) is 40.0 Å². The number of carbonyl (C=O) groups excluding carboxylic acids is 2. The van der Waals surface area contributed by atoms with E-state index in [0.29, 0.717) is 38.6 Å². The van der Waals surface area contributed by atoms with Crippen LogP contribution in [0.2, 0.25) is 0 Å². The van der Waals surface area contributed by atoms with Crippen LogP contribution in [-0.4, -0.2) is 84.9 Å². The Bertz CT molecular complexity index is 964. The summed E-state index contributed by atoms with van der Waals surface area (Å²) in [5, 5.41) is 11.8. The number of carbonyl (C=O) groups is 2. The molecule has 0 spiro atoms. The van der Waals surface area contributed by atoms with Crippen molar-refractivity contribution >= 4 is 17.8 Å². The van der Waals surface area contributed by atoms with Crippen LogP contribution in [0, 0.1) is 5.92 Å². The fourth-order valence-electron chi connectivity index (χ4n) is 4.08. The minimum atomic E-state index is -0.158. The van der Waals surface area contributed by atoms with Gasteiger partial charge in [0.15, 0.2) is 5.82 Å². The number of amides is 3. The van der Waals surface area contributed by atoms with Gasteiger partial charge in [0.25, 0.3) is 0 Å². The van der Waals surface area contributed by atoms with E-state index in [2.05, 4.69) is 34.3 Å². The van der Waals surface area contributed by atoms with Gasteiger partial charge in [0, 0.05) is 44.8 Å². The van der Waals surface area contributed by atoms with Crippen LogP contribution in [0.4, 0.5) is 10.6 Å². The van der Waals surface area contributed by atoms with Crippen molar-refractivity contribution in [1.82, 2.24) is 25.3 Å². The Balaban J connectivity index is 1.58. The van der Waals surface area contributed by atoms with Crippen LogP contribution >= 0.6 is 0 Å². The Morgan fingerprint density at radius 2 is 1.83 bits per heavy atom. The van der Waals surface area contributed by atoms with Gasteiger partial charge in [-0.05, 0) is 61.6 Å². The van der Waals surface area contributed by atoms with E-state index in [1.54, 1.807) is 12.0 Å². The van der Waals surface area contributed by atoms with Gasteiger partial charge in [-0.3, -0.25) is 4.79 Å². The first-order valence-electron chi connectivity index (χ1n) is 12.9. The second-order valence-electron chi connectivity index (χ2n) is 9.56. The molecule has 0 atom stereocenters. The summed E-state index contributed by atoms with van der Waals surface area (Å²) >= 11 is 0. The second-order valence-corrected chi connectivity index (χ2v) is 9.56. The molecule has 1 aromatic heterocycles. The molecule has 1 N–H and O–H groups in total. The highest BCUT2D eigenvalue weighted by molar-refractivity contribution is 5.84. The van der Waals surface area contributed by atoms with Gasteiger partial charge in [0.2, 0.25) is 5.91 Å². The summed E-state index contributed by atoms with van der Waals surface area (Å²) in [4.78, 5) is 31.4. The van der Waals surface area contributed by atoms with E-state index < -0.39 is 0 Å². The van der Waals surface area contributed by atoms with Crippen molar-refractivity contribution in [1.29, 1.82) is 0 Å². The average Bonchev–Trinajstić information content (AvgIpc) is 3.16. The van der Waals surface area contributed by atoms with Crippen molar-refractivity contribution in [2.75, 3.05) is 57.8 Å². The van der Waals surface area contributed by atoms with Gasteiger partial charge in [-0.25, -0.2) is 4.79 Å². The van der Waals surface area contributed by atoms with E-state index in [0.717, 1.165) is 48.6 Å². The molecule has 0 radical (unpaired) electrons. The number of benzene rings is 1. The molecule has 9 heteroatoms. The SMILES string of the molecule is CCCNC(=O)N(CCC(C)C)CC(=O)N1CCCN(c2ccc(-c3ccc(OC)cc3)nn2)CC1. The standard InChI is InChI=1S/C27H40N6O3/c1-5-14-28-27(35)33(17-13-21(2)3)20-26(34)32-16-6-15-31(18-19-32)25-12-11-24(29-30-25)22-7-9-23(36-4)10-8-22/h7-12,21H,5-6,13-20H2,1-4H3,(H,28,35). The minimum absolute atomic E-state index is 0.00630. The number of hydrogen-bond acceptors (Lipinski definition) is 6. The zero-order chi connectivity index (χ0) is 25.9. The molecule has 0 saturated carbocycles. The summed E-state index contributed by atoms with van der Waals surface area (Å²) in [6.07, 6.45) is 2.57. The van der Waals surface area contributed by atoms with E-state index >= 15 is 0 Å². The van der Waals surface area contributed by atoms with Crippen molar-refractivity contribution in [2.24, 2.45) is 5.92 Å². The monoisotopic (exact) mass is 496 g/mol. The smallest absolute Gasteiger partial charge is 0.317 e. The topological polar surface area (TPSA) is 90.9 Å². The van der Waals surface area contributed by atoms with E-state index in [9.17, 15) is 9.59 Å². The number of urea groups is 1. The number of nitrogens with zero attached hydrogens (tertiary/aromatic N) is 5. The first kappa shape index (κ1) is 27.2. The van der Waals surface area contributed by atoms with Crippen LogP contribution < -0.4 is 15.0 Å². The second kappa shape index (κ2) is 13.7. The molecule has 196 valence electrons. The number of nitrogens with one attached hydrogen (secondary N) is 1. The van der Waals surface area contributed by atoms with Crippen molar-refractivity contribution in [3.8, 4) is 17.0 Å². The first-order chi connectivity index (χ1) is 17.4. The zero-order valence-corrected chi connectivity index (χ0v) is 22.1. The first-order valence-corrected chi connectivity index (χ1v) is 12.9. The summed E-state index contributed by atoms with van der Waals surface area (Å²) in [5.41, 5.74) is 1.78. The normalized spacial score (nSPS) is 13.9. The van der Waals surface area contributed by atoms with E-state index in [4.69, 9.17) is 4.74 Å². The van der Waals surface area contributed by atoms with Crippen LogP contribution in [0.3, 0.4) is 0 Å². The van der Waals surface area contributed by atoms with Crippen LogP contribution in [-0.2, 0) is 4.79 Å². The quantitative estimate of drug-likeness (QED) is 0.540. The van der Waals surface area contributed by atoms with Crippen molar-refractivity contribution < 1.29 is 14.3 Å². The number of ether oxygens (including phenoxy) is 1. The number of anilines is 1. The molecule has 0 bridgehead atoms. The van der Waals surface area contributed by atoms with Crippen LogP contribution in [0.15, 0.2) is 36.4 Å². The minimum Gasteiger partial charge on any atom is -0.497 e. The molecule has 1 aliphatic heterocycles. The van der Waals surface area contributed by atoms with E-state index in [1.807, 2.05) is 48.2 Å². The molecular weight excluding hydrogens is 456 g/mol. The maximum Gasteiger partial charge on any atom is 0.317 e. The van der Waals surface area contributed by atoms with Gasteiger partial charge in [-0.15, -0.1) is 10.2 Å². The molecule has 3 rings (SSSR count). The van der Waals surface area contributed by atoms with Crippen LogP contribution in [0.1, 0.15) is 40.0 Å². The molecule has 3 amide bonds. The van der Waals surface area contributed by atoms with Crippen molar-refractivity contribution in [3.63, 3.8) is 0 Å². The molecule has 9 nitrogen and oxygen atoms in total. The highest BCUT2D eigenvalue weighted by atomic mass is 16.5. The molecule has 36 heavy (non-hydrogen) atoms. The van der Waals surface area contributed by atoms with Gasteiger partial charge < -0.3 is 24.8 Å². The fourth-order valence-corrected chi connectivity index (χ4v) is 4.08. The zero-order valence-electron chi connectivity index (χ0n) is 22.1. The van der Waals surface area contributed by atoms with Crippen LogP contribution in [0.5, 0.6) is 5.75 Å². The molecule has 0 aliphatic carbocycles. The Hall–Kier alpha value is -3.36. The summed E-state index contributed by atoms with van der Waals surface area (Å²) in [5.74, 6) is 2.06. The molecular formula is C27H40N6O3. The van der Waals surface area contributed by atoms with Gasteiger partial charge >= 0.3 is 6.03 Å². The molecule has 0 unspecified atom stereocenters. The van der Waals surface area contributed by atoms with Crippen LogP contribution in [0.25, 0.3) is 11.3 Å². The predicted molar refractivity (Wildman–Crippen MR) is 142 cm³/mol. The lowest BCUT2D eigenvalue weighted by Crippen LogP contribution is -2.48. The lowest BCUT2D eigenvalue weighted by molar-refractivity contribution is -0.131. The highest BCUT2D eigenvalue weighted by Crippen LogP contribution is 2.22. The number of methoxy groups -OCH3 is 1. The van der Waals surface area contributed by atoms with E-state index in [-0.39, 0.29) is 18.5 Å². The maximum atomic E-state index is 13.1. The highest BCUT2D eigenvalue weighted by Gasteiger charge is 2.24. The summed E-state index contributed by atoms with van der Waals surface area (Å²) < 4.78 is 5.22. The Morgan fingerprint density at radius 3 is 2.47 bits per heavy atom. The largest absolute Gasteiger partial charge is 0.497 e. The number of hydrogen-bond donors (Lipinski definition) is 1. The van der Waals surface area contributed by atoms with Gasteiger partial charge in [0.1, 0.15) is 12.3 Å². The third-order valence-corrected chi connectivity index (χ3v) is 6.32. The summed E-state index contributed by atoms with van der Waals surface area (Å²) in [7, 11) is 1.65. The molecule has 1 fully saturated rings. The number of aromatic nitrogens is 2. The Labute approximate surface area is 214 Å². The molecule has 1 aliphatic rings. The maximum absolute atomic E-state index is 13.1. The third kappa shape index (κ3) is 7.83. The number of rotatable bonds is 10. The van der Waals surface area contributed by atoms with Gasteiger partial charge in [-0.2, -0.15) is 0 Å². The Kier molecular flexibility index (Phi) is 10.3. The van der Waals surface area contributed by atoms with Gasteiger partial charge in [-0.1, -0.05) is 20.8 Å². The summed E-state index contributed by atoms with van der Waals surface area (Å²) in [6.45, 7) is 10.3. The average molecular weight is 497 g/mol. The molecule has 1 aromatic carbocycles. The lowest BCUT2D eigenvalue weighted by atomic mass is 10.1.